The van der Waals surface area contributed by atoms with Crippen LogP contribution >= 0.6 is 14.1 Å². The van der Waals surface area contributed by atoms with E-state index in [1.165, 1.54) is 64.9 Å². The van der Waals surface area contributed by atoms with E-state index in [0.29, 0.717) is 11.8 Å². The Labute approximate surface area is 433 Å². The second-order valence-electron chi connectivity index (χ2n) is 19.2. The zero-order valence-electron chi connectivity index (χ0n) is 42.8. The molecule has 0 bridgehead atoms. The van der Waals surface area contributed by atoms with Crippen molar-refractivity contribution in [2.75, 3.05) is 0 Å². The second-order valence-corrected chi connectivity index (χ2v) is 25.1. The maximum Gasteiger partial charge on any atom is 0.0632 e. The minimum absolute atomic E-state index is 0.435. The number of nitrogens with zero attached hydrogens (tertiary/aromatic N) is 2. The summed E-state index contributed by atoms with van der Waals surface area (Å²) >= 11 is 0. The van der Waals surface area contributed by atoms with Crippen LogP contribution in [0.1, 0.15) is 61.8 Å². The number of hydrogen-bond acceptors (Lipinski definition) is 2. The van der Waals surface area contributed by atoms with Gasteiger partial charge < -0.3 is 4.98 Å². The van der Waals surface area contributed by atoms with Gasteiger partial charge in [-0.05, 0) is 96.5 Å². The smallest absolute Gasteiger partial charge is 0.0632 e. The van der Waals surface area contributed by atoms with Crippen molar-refractivity contribution in [2.45, 2.75) is 53.4 Å². The summed E-state index contributed by atoms with van der Waals surface area (Å²) in [5, 5.41) is 9.71. The highest BCUT2D eigenvalue weighted by Crippen LogP contribution is 2.54. The van der Waals surface area contributed by atoms with Crippen LogP contribution in [0.5, 0.6) is 0 Å². The molecular formula is C68H65N3P2. The molecule has 1 heterocycles. The van der Waals surface area contributed by atoms with Gasteiger partial charge in [0.2, 0.25) is 0 Å². The predicted molar refractivity (Wildman–Crippen MR) is 321 cm³/mol. The van der Waals surface area contributed by atoms with Crippen molar-refractivity contribution in [3.05, 3.63) is 289 Å². The maximum absolute atomic E-state index is 6.00. The van der Waals surface area contributed by atoms with Gasteiger partial charge in [0.15, 0.2) is 0 Å². The number of aryl methyl sites for hydroxylation is 2. The third-order valence-corrected chi connectivity index (χ3v) is 20.6. The van der Waals surface area contributed by atoms with E-state index < -0.39 is 14.1 Å². The molecule has 0 saturated heterocycles. The fraction of sp³-hybridized carbons (Fsp3) is 0.118. The second kappa shape index (κ2) is 23.3. The summed E-state index contributed by atoms with van der Waals surface area (Å²) in [6.07, 6.45) is 0. The third-order valence-electron chi connectivity index (χ3n) is 13.3. The minimum atomic E-state index is -2.71. The van der Waals surface area contributed by atoms with Gasteiger partial charge in [-0.15, -0.1) is 0 Å². The Balaban J connectivity index is 0.000000480. The summed E-state index contributed by atoms with van der Waals surface area (Å²) in [5.41, 5.74) is 9.23. The molecule has 73 heavy (non-hydrogen) atoms. The first kappa shape index (κ1) is 50.4. The Bertz CT molecular complexity index is 3230. The van der Waals surface area contributed by atoms with E-state index in [1.54, 1.807) is 0 Å². The molecular weight excluding hydrogens is 921 g/mol. The fourth-order valence-electron chi connectivity index (χ4n) is 9.59. The van der Waals surface area contributed by atoms with Crippen molar-refractivity contribution in [3.8, 4) is 0 Å². The molecule has 1 aromatic heterocycles. The Morgan fingerprint density at radius 1 is 0.315 bits per heavy atom. The molecule has 5 heteroatoms. The number of rotatable bonds is 10. The number of aromatic nitrogens is 1. The van der Waals surface area contributed by atoms with Crippen LogP contribution in [-0.2, 0) is 0 Å². The highest BCUT2D eigenvalue weighted by Gasteiger charge is 2.34. The van der Waals surface area contributed by atoms with E-state index in [4.69, 9.17) is 9.49 Å². The average molecular weight is 986 g/mol. The quantitative estimate of drug-likeness (QED) is 0.133. The zero-order valence-corrected chi connectivity index (χ0v) is 44.6. The molecule has 10 aromatic carbocycles. The Morgan fingerprint density at radius 3 is 0.808 bits per heavy atom. The Morgan fingerprint density at radius 2 is 0.562 bits per heavy atom. The Hall–Kier alpha value is -7.54. The van der Waals surface area contributed by atoms with Gasteiger partial charge >= 0.3 is 0 Å². The number of nitrogens with one attached hydrogen (secondary N) is 1. The van der Waals surface area contributed by atoms with Gasteiger partial charge in [-0.1, -0.05) is 246 Å². The van der Waals surface area contributed by atoms with E-state index in [9.17, 15) is 0 Å². The van der Waals surface area contributed by atoms with E-state index in [0.717, 1.165) is 22.4 Å². The van der Waals surface area contributed by atoms with Gasteiger partial charge in [0.05, 0.1) is 36.5 Å². The molecule has 0 aliphatic carbocycles. The van der Waals surface area contributed by atoms with Gasteiger partial charge in [-0.2, -0.15) is 0 Å². The molecule has 0 radical (unpaired) electrons. The summed E-state index contributed by atoms with van der Waals surface area (Å²) in [6.45, 7) is 13.5. The lowest BCUT2D eigenvalue weighted by molar-refractivity contribution is 0.867. The number of fused-ring (bicyclic) bond motifs is 3. The molecule has 0 unspecified atom stereocenters. The highest BCUT2D eigenvalue weighted by molar-refractivity contribution is 7.88. The van der Waals surface area contributed by atoms with Crippen LogP contribution in [0, 0.1) is 13.8 Å². The van der Waals surface area contributed by atoms with Gasteiger partial charge in [0.1, 0.15) is 0 Å². The topological polar surface area (TPSA) is 40.5 Å². The molecule has 0 fully saturated rings. The zero-order chi connectivity index (χ0) is 50.6. The third kappa shape index (κ3) is 11.1. The van der Waals surface area contributed by atoms with E-state index >= 15 is 0 Å². The first-order chi connectivity index (χ1) is 35.7. The first-order valence-electron chi connectivity index (χ1n) is 25.4. The van der Waals surface area contributed by atoms with Gasteiger partial charge in [0.25, 0.3) is 0 Å². The molecule has 11 aromatic rings. The molecule has 362 valence electrons. The van der Waals surface area contributed by atoms with E-state index in [1.807, 2.05) is 72.8 Å². The van der Waals surface area contributed by atoms with Gasteiger partial charge in [0, 0.05) is 42.6 Å². The molecule has 3 nitrogen and oxygen atoms in total. The maximum atomic E-state index is 6.00. The van der Waals surface area contributed by atoms with Crippen LogP contribution in [0.2, 0.25) is 0 Å². The normalized spacial score (nSPS) is 11.4. The Kier molecular flexibility index (Phi) is 16.1. The monoisotopic (exact) mass is 985 g/mol. The first-order valence-corrected chi connectivity index (χ1v) is 28.9. The highest BCUT2D eigenvalue weighted by atomic mass is 31.2. The van der Waals surface area contributed by atoms with Crippen LogP contribution in [0.4, 0.5) is 11.4 Å². The molecule has 1 N–H and O–H groups in total. The van der Waals surface area contributed by atoms with E-state index in [2.05, 4.69) is 241 Å². The van der Waals surface area contributed by atoms with E-state index in [-0.39, 0.29) is 0 Å². The van der Waals surface area contributed by atoms with Crippen molar-refractivity contribution in [1.82, 2.24) is 4.98 Å². The summed E-state index contributed by atoms with van der Waals surface area (Å²) in [4.78, 5) is 4.21. The molecule has 0 amide bonds. The molecule has 0 atom stereocenters. The molecule has 0 aliphatic rings. The van der Waals surface area contributed by atoms with Crippen LogP contribution in [-0.4, -0.2) is 4.98 Å². The number of benzene rings is 10. The van der Waals surface area contributed by atoms with Crippen molar-refractivity contribution < 1.29 is 0 Å². The average Bonchev–Trinajstić information content (AvgIpc) is 3.81. The summed E-state index contributed by atoms with van der Waals surface area (Å²) < 4.78 is 12.0. The number of aromatic amines is 1. The van der Waals surface area contributed by atoms with Crippen LogP contribution in [0.3, 0.4) is 0 Å². The fourth-order valence-corrected chi connectivity index (χ4v) is 17.1. The van der Waals surface area contributed by atoms with Gasteiger partial charge in [-0.25, -0.2) is 0 Å². The standard InChI is InChI=1S/C56H53N3P2.2C6H6/c1-39(2)43-27-31-45(32-28-43)58-60(47-19-11-7-12-20-47,48-21-13-8-14-22-48)53-37-41(5)35-51-52-36-42(6)38-54(56(52)57-55(51)53)61(49-23-15-9-16-24-49,50-25-17-10-18-26-50)59-46-33-29-44(30-34-46)40(3)4;2*1-2-4-6-5-3-1/h7-40,57H,1-6H3;2*1-6H. The minimum Gasteiger partial charge on any atom is -0.353 e. The summed E-state index contributed by atoms with van der Waals surface area (Å²) in [5.74, 6) is 0.871. The molecule has 0 spiro atoms. The van der Waals surface area contributed by atoms with Crippen molar-refractivity contribution >= 4 is 79.1 Å². The lowest BCUT2D eigenvalue weighted by Gasteiger charge is -2.28. The molecule has 0 saturated carbocycles. The van der Waals surface area contributed by atoms with Crippen molar-refractivity contribution in [3.63, 3.8) is 0 Å². The summed E-state index contributed by atoms with van der Waals surface area (Å²) in [7, 11) is -5.43. The number of H-pyrrole nitrogens is 1. The van der Waals surface area contributed by atoms with Crippen LogP contribution in [0.15, 0.2) is 276 Å². The summed E-state index contributed by atoms with van der Waals surface area (Å²) in [6, 6.07) is 95.4. The van der Waals surface area contributed by atoms with Crippen molar-refractivity contribution in [2.24, 2.45) is 9.49 Å². The van der Waals surface area contributed by atoms with Crippen molar-refractivity contribution in [1.29, 1.82) is 0 Å². The van der Waals surface area contributed by atoms with Gasteiger partial charge in [-0.3, -0.25) is 9.49 Å². The largest absolute Gasteiger partial charge is 0.353 e. The lowest BCUT2D eigenvalue weighted by atomic mass is 10.0. The SMILES string of the molecule is Cc1cc(P(=Nc2ccc(C(C)C)cc2)(c2ccccc2)c2ccccc2)c2[nH]c3c(P(=Nc4ccc(C(C)C)cc4)(c4ccccc4)c4ccccc4)cc(C)cc3c2c1.c1ccccc1.c1ccccc1. The lowest BCUT2D eigenvalue weighted by Crippen LogP contribution is -2.27. The molecule has 0 aliphatic heterocycles. The number of hydrogen-bond donors (Lipinski definition) is 1. The van der Waals surface area contributed by atoms with Crippen LogP contribution in [0.25, 0.3) is 21.8 Å². The molecule has 11 rings (SSSR count). The van der Waals surface area contributed by atoms with Crippen LogP contribution < -0.4 is 31.8 Å². The predicted octanol–water partition coefficient (Wildman–Crippen LogP) is 17.2.